The van der Waals surface area contributed by atoms with Crippen LogP contribution in [0.3, 0.4) is 0 Å². The number of rotatable bonds is 10. The lowest BCUT2D eigenvalue weighted by molar-refractivity contribution is 0.187. The number of nitrogens with zero attached hydrogens (tertiary/aromatic N) is 3. The third-order valence-corrected chi connectivity index (χ3v) is 6.13. The van der Waals surface area contributed by atoms with E-state index in [0.29, 0.717) is 6.04 Å². The van der Waals surface area contributed by atoms with E-state index in [0.717, 1.165) is 31.9 Å². The van der Waals surface area contributed by atoms with Gasteiger partial charge in [-0.25, -0.2) is 4.98 Å². The van der Waals surface area contributed by atoms with Gasteiger partial charge in [-0.15, -0.1) is 0 Å². The molecule has 3 heteroatoms. The highest BCUT2D eigenvalue weighted by molar-refractivity contribution is 5.55. The van der Waals surface area contributed by atoms with Gasteiger partial charge in [0, 0.05) is 31.2 Å². The van der Waals surface area contributed by atoms with Crippen molar-refractivity contribution in [2.24, 2.45) is 0 Å². The van der Waals surface area contributed by atoms with Gasteiger partial charge in [0.2, 0.25) is 0 Å². The third-order valence-electron chi connectivity index (χ3n) is 6.13. The molecule has 3 nitrogen and oxygen atoms in total. The lowest BCUT2D eigenvalue weighted by Gasteiger charge is -2.30. The monoisotopic (exact) mass is 423 g/mol. The summed E-state index contributed by atoms with van der Waals surface area (Å²) in [5.41, 5.74) is 5.13. The normalized spacial score (nSPS) is 12.2. The quantitative estimate of drug-likeness (QED) is 0.271. The molecule has 0 amide bonds. The number of imidazole rings is 1. The molecule has 32 heavy (non-hydrogen) atoms. The highest BCUT2D eigenvalue weighted by Gasteiger charge is 2.20. The Bertz CT molecular complexity index is 1070. The second-order valence-corrected chi connectivity index (χ2v) is 8.42. The van der Waals surface area contributed by atoms with Gasteiger partial charge in [-0.3, -0.25) is 4.90 Å². The Labute approximate surface area is 192 Å². The zero-order valence-electron chi connectivity index (χ0n) is 19.2. The van der Waals surface area contributed by atoms with Crippen LogP contribution in [-0.2, 0) is 19.6 Å². The standard InChI is InChI=1S/C29H33N3/c1-3-4-20-32-28(21-30-29(32)27-18-12-7-13-19-27)23-31(22-25-14-8-5-9-15-25)24(2)26-16-10-6-11-17-26/h5-19,21,24H,3-4,20,22-23H2,1-2H3. The summed E-state index contributed by atoms with van der Waals surface area (Å²) in [7, 11) is 0. The van der Waals surface area contributed by atoms with Crippen LogP contribution >= 0.6 is 0 Å². The Balaban J connectivity index is 1.67. The van der Waals surface area contributed by atoms with Crippen LogP contribution < -0.4 is 0 Å². The molecule has 0 aliphatic heterocycles. The van der Waals surface area contributed by atoms with E-state index in [1.165, 1.54) is 28.8 Å². The van der Waals surface area contributed by atoms with Crippen molar-refractivity contribution in [2.75, 3.05) is 0 Å². The Morgan fingerprint density at radius 3 is 2.09 bits per heavy atom. The van der Waals surface area contributed by atoms with Gasteiger partial charge in [0.25, 0.3) is 0 Å². The molecule has 0 aliphatic rings. The molecule has 4 rings (SSSR count). The summed E-state index contributed by atoms with van der Waals surface area (Å²) in [6.07, 6.45) is 4.39. The summed E-state index contributed by atoms with van der Waals surface area (Å²) in [6, 6.07) is 32.4. The van der Waals surface area contributed by atoms with E-state index in [1.54, 1.807) is 0 Å². The molecule has 4 aromatic rings. The molecule has 0 aliphatic carbocycles. The Hall–Kier alpha value is -3.17. The molecule has 3 aromatic carbocycles. The fourth-order valence-corrected chi connectivity index (χ4v) is 4.22. The van der Waals surface area contributed by atoms with E-state index in [2.05, 4.69) is 121 Å². The maximum atomic E-state index is 4.87. The fourth-order valence-electron chi connectivity index (χ4n) is 4.22. The van der Waals surface area contributed by atoms with Crippen molar-refractivity contribution < 1.29 is 0 Å². The molecule has 1 aromatic heterocycles. The molecule has 0 N–H and O–H groups in total. The minimum atomic E-state index is 0.297. The lowest BCUT2D eigenvalue weighted by atomic mass is 10.1. The van der Waals surface area contributed by atoms with Crippen molar-refractivity contribution in [3.05, 3.63) is 114 Å². The van der Waals surface area contributed by atoms with Crippen molar-refractivity contribution in [1.29, 1.82) is 0 Å². The molecular formula is C29H33N3. The van der Waals surface area contributed by atoms with Crippen molar-refractivity contribution in [3.8, 4) is 11.4 Å². The van der Waals surface area contributed by atoms with Crippen molar-refractivity contribution in [2.45, 2.75) is 52.4 Å². The molecule has 1 atom stereocenters. The van der Waals surface area contributed by atoms with E-state index < -0.39 is 0 Å². The van der Waals surface area contributed by atoms with E-state index in [9.17, 15) is 0 Å². The van der Waals surface area contributed by atoms with Gasteiger partial charge in [-0.05, 0) is 24.5 Å². The van der Waals surface area contributed by atoms with Crippen molar-refractivity contribution >= 4 is 0 Å². The molecule has 0 bridgehead atoms. The van der Waals surface area contributed by atoms with Gasteiger partial charge in [0.1, 0.15) is 5.82 Å². The van der Waals surface area contributed by atoms with Gasteiger partial charge in [-0.1, -0.05) is 104 Å². The topological polar surface area (TPSA) is 21.1 Å². The number of unbranched alkanes of at least 4 members (excludes halogenated alkanes) is 1. The van der Waals surface area contributed by atoms with Crippen molar-refractivity contribution in [1.82, 2.24) is 14.5 Å². The summed E-state index contributed by atoms with van der Waals surface area (Å²) >= 11 is 0. The van der Waals surface area contributed by atoms with E-state index >= 15 is 0 Å². The molecule has 0 spiro atoms. The molecule has 0 fully saturated rings. The van der Waals surface area contributed by atoms with Crippen LogP contribution in [0.25, 0.3) is 11.4 Å². The van der Waals surface area contributed by atoms with Gasteiger partial charge in [0.15, 0.2) is 0 Å². The van der Waals surface area contributed by atoms with E-state index in [-0.39, 0.29) is 0 Å². The molecular weight excluding hydrogens is 390 g/mol. The Morgan fingerprint density at radius 1 is 0.812 bits per heavy atom. The van der Waals surface area contributed by atoms with Crippen LogP contribution in [-0.4, -0.2) is 14.5 Å². The highest BCUT2D eigenvalue weighted by atomic mass is 15.2. The first-order valence-corrected chi connectivity index (χ1v) is 11.7. The Kier molecular flexibility index (Phi) is 7.52. The van der Waals surface area contributed by atoms with Crippen LogP contribution in [0.2, 0.25) is 0 Å². The summed E-state index contributed by atoms with van der Waals surface area (Å²) in [5, 5.41) is 0. The second kappa shape index (κ2) is 10.9. The number of hydrogen-bond donors (Lipinski definition) is 0. The number of benzene rings is 3. The van der Waals surface area contributed by atoms with E-state index in [4.69, 9.17) is 4.98 Å². The van der Waals surface area contributed by atoms with E-state index in [1.807, 2.05) is 0 Å². The van der Waals surface area contributed by atoms with Crippen molar-refractivity contribution in [3.63, 3.8) is 0 Å². The zero-order chi connectivity index (χ0) is 22.2. The summed E-state index contributed by atoms with van der Waals surface area (Å²) < 4.78 is 2.43. The maximum absolute atomic E-state index is 4.87. The largest absolute Gasteiger partial charge is 0.327 e. The van der Waals surface area contributed by atoms with Gasteiger partial charge < -0.3 is 4.57 Å². The Morgan fingerprint density at radius 2 is 1.44 bits per heavy atom. The van der Waals surface area contributed by atoms with Crippen LogP contribution in [0.15, 0.2) is 97.2 Å². The minimum absolute atomic E-state index is 0.297. The summed E-state index contributed by atoms with van der Waals surface area (Å²) in [4.78, 5) is 7.42. The second-order valence-electron chi connectivity index (χ2n) is 8.42. The average molecular weight is 424 g/mol. The minimum Gasteiger partial charge on any atom is -0.327 e. The molecule has 1 heterocycles. The van der Waals surface area contributed by atoms with Crippen LogP contribution in [0.4, 0.5) is 0 Å². The molecule has 1 unspecified atom stereocenters. The number of hydrogen-bond acceptors (Lipinski definition) is 2. The fraction of sp³-hybridized carbons (Fsp3) is 0.276. The van der Waals surface area contributed by atoms with Gasteiger partial charge in [0.05, 0.1) is 11.9 Å². The number of aromatic nitrogens is 2. The molecule has 0 radical (unpaired) electrons. The predicted molar refractivity (Wildman–Crippen MR) is 133 cm³/mol. The first-order chi connectivity index (χ1) is 15.8. The SMILES string of the molecule is CCCCn1c(CN(Cc2ccccc2)C(C)c2ccccc2)cnc1-c1ccccc1. The smallest absolute Gasteiger partial charge is 0.140 e. The molecule has 164 valence electrons. The summed E-state index contributed by atoms with van der Waals surface area (Å²) in [5.74, 6) is 1.07. The predicted octanol–water partition coefficient (Wildman–Crippen LogP) is 7.11. The van der Waals surface area contributed by atoms with Gasteiger partial charge >= 0.3 is 0 Å². The maximum Gasteiger partial charge on any atom is 0.140 e. The van der Waals surface area contributed by atoms with Gasteiger partial charge in [-0.2, -0.15) is 0 Å². The third kappa shape index (κ3) is 5.35. The first kappa shape index (κ1) is 22.0. The van der Waals surface area contributed by atoms with Crippen LogP contribution in [0.1, 0.15) is 49.6 Å². The average Bonchev–Trinajstić information content (AvgIpc) is 3.26. The summed E-state index contributed by atoms with van der Waals surface area (Å²) in [6.45, 7) is 7.31. The molecule has 0 saturated carbocycles. The molecule has 0 saturated heterocycles. The lowest BCUT2D eigenvalue weighted by Crippen LogP contribution is -2.27. The first-order valence-electron chi connectivity index (χ1n) is 11.7. The zero-order valence-corrected chi connectivity index (χ0v) is 19.2. The highest BCUT2D eigenvalue weighted by Crippen LogP contribution is 2.27. The van der Waals surface area contributed by atoms with Crippen LogP contribution in [0.5, 0.6) is 0 Å². The van der Waals surface area contributed by atoms with Crippen LogP contribution in [0, 0.1) is 0 Å².